The van der Waals surface area contributed by atoms with Gasteiger partial charge in [0, 0.05) is 17.1 Å². The molecule has 1 aliphatic heterocycles. The molecule has 0 unspecified atom stereocenters. The van der Waals surface area contributed by atoms with E-state index in [4.69, 9.17) is 16.3 Å². The Morgan fingerprint density at radius 3 is 2.59 bits per heavy atom. The largest absolute Gasteiger partial charge is 0.468 e. The van der Waals surface area contributed by atoms with Gasteiger partial charge in [-0.2, -0.15) is 0 Å². The summed E-state index contributed by atoms with van der Waals surface area (Å²) in [5.74, 6) is 0.180. The maximum absolute atomic E-state index is 13.2. The molecule has 0 saturated carbocycles. The van der Waals surface area contributed by atoms with Gasteiger partial charge in [0.2, 0.25) is 0 Å². The molecule has 1 heterocycles. The molecule has 6 heteroatoms. The van der Waals surface area contributed by atoms with Gasteiger partial charge in [0.1, 0.15) is 12.2 Å². The maximum atomic E-state index is 13.2. The topological polar surface area (TPSA) is 58.6 Å². The molecule has 29 heavy (non-hydrogen) atoms. The van der Waals surface area contributed by atoms with E-state index >= 15 is 0 Å². The molecule has 0 saturated heterocycles. The highest BCUT2D eigenvalue weighted by molar-refractivity contribution is 6.30. The normalized spacial score (nSPS) is 20.2. The standard InChI is InChI=1S/C23H31ClN2O3/c1-15(2)14-20(23(28)29-3)25-21-18-6-4-5-7-19(18)22(27)26(21)13-12-16-8-10-17(24)11-9-16/h8-11,15,20-21,25H,4-7,12-14H2,1-3H3/t20-,21-/m1/s1. The van der Waals surface area contributed by atoms with Crippen molar-refractivity contribution in [3.63, 3.8) is 0 Å². The number of halogens is 1. The highest BCUT2D eigenvalue weighted by Crippen LogP contribution is 2.36. The molecule has 1 N–H and O–H groups in total. The summed E-state index contributed by atoms with van der Waals surface area (Å²) < 4.78 is 5.03. The number of methoxy groups -OCH3 is 1. The van der Waals surface area contributed by atoms with Crippen molar-refractivity contribution in [1.82, 2.24) is 10.2 Å². The van der Waals surface area contributed by atoms with Crippen molar-refractivity contribution in [3.8, 4) is 0 Å². The molecule has 3 rings (SSSR count). The summed E-state index contributed by atoms with van der Waals surface area (Å²) in [7, 11) is 1.42. The Bertz CT molecular complexity index is 773. The number of benzene rings is 1. The number of carbonyl (C=O) groups excluding carboxylic acids is 2. The van der Waals surface area contributed by atoms with E-state index in [1.807, 2.05) is 29.2 Å². The molecular weight excluding hydrogens is 388 g/mol. The van der Waals surface area contributed by atoms with Gasteiger partial charge in [0.25, 0.3) is 5.91 Å². The van der Waals surface area contributed by atoms with Gasteiger partial charge in [-0.1, -0.05) is 37.6 Å². The van der Waals surface area contributed by atoms with Crippen LogP contribution in [0.25, 0.3) is 0 Å². The highest BCUT2D eigenvalue weighted by atomic mass is 35.5. The van der Waals surface area contributed by atoms with Crippen molar-refractivity contribution in [2.24, 2.45) is 5.92 Å². The zero-order chi connectivity index (χ0) is 21.0. The summed E-state index contributed by atoms with van der Waals surface area (Å²) in [5.41, 5.74) is 3.24. The van der Waals surface area contributed by atoms with Gasteiger partial charge in [-0.05, 0) is 67.7 Å². The molecule has 2 aliphatic rings. The highest BCUT2D eigenvalue weighted by Gasteiger charge is 2.41. The van der Waals surface area contributed by atoms with Crippen LogP contribution < -0.4 is 5.32 Å². The second-order valence-electron chi connectivity index (χ2n) is 8.36. The minimum atomic E-state index is -0.426. The number of rotatable bonds is 8. The Hall–Kier alpha value is -1.85. The van der Waals surface area contributed by atoms with Crippen molar-refractivity contribution < 1.29 is 14.3 Å². The molecule has 158 valence electrons. The first-order valence-electron chi connectivity index (χ1n) is 10.5. The van der Waals surface area contributed by atoms with Gasteiger partial charge in [0.15, 0.2) is 0 Å². The number of hydrogen-bond donors (Lipinski definition) is 1. The first-order valence-corrected chi connectivity index (χ1v) is 10.9. The lowest BCUT2D eigenvalue weighted by atomic mass is 9.92. The van der Waals surface area contributed by atoms with Crippen LogP contribution in [0.2, 0.25) is 5.02 Å². The zero-order valence-electron chi connectivity index (χ0n) is 17.5. The summed E-state index contributed by atoms with van der Waals surface area (Å²) >= 11 is 5.99. The zero-order valence-corrected chi connectivity index (χ0v) is 18.3. The van der Waals surface area contributed by atoms with Crippen LogP contribution in [0.3, 0.4) is 0 Å². The van der Waals surface area contributed by atoms with Crippen molar-refractivity contribution in [1.29, 1.82) is 0 Å². The van der Waals surface area contributed by atoms with Crippen LogP contribution >= 0.6 is 11.6 Å². The van der Waals surface area contributed by atoms with Crippen molar-refractivity contribution in [2.45, 2.75) is 64.6 Å². The van der Waals surface area contributed by atoms with Gasteiger partial charge in [-0.25, -0.2) is 0 Å². The number of amides is 1. The van der Waals surface area contributed by atoms with Gasteiger partial charge in [0.05, 0.1) is 7.11 Å². The van der Waals surface area contributed by atoms with E-state index in [0.717, 1.165) is 48.8 Å². The predicted molar refractivity (Wildman–Crippen MR) is 115 cm³/mol. The van der Waals surface area contributed by atoms with Crippen LogP contribution in [-0.4, -0.2) is 42.6 Å². The predicted octanol–water partition coefficient (Wildman–Crippen LogP) is 4.10. The van der Waals surface area contributed by atoms with Gasteiger partial charge in [-0.15, -0.1) is 0 Å². The summed E-state index contributed by atoms with van der Waals surface area (Å²) in [6.45, 7) is 4.77. The molecule has 1 aliphatic carbocycles. The van der Waals surface area contributed by atoms with Crippen molar-refractivity contribution >= 4 is 23.5 Å². The number of esters is 1. The fourth-order valence-electron chi connectivity index (χ4n) is 4.31. The lowest BCUT2D eigenvalue weighted by Crippen LogP contribution is -2.53. The van der Waals surface area contributed by atoms with Crippen LogP contribution in [0.1, 0.15) is 51.5 Å². The summed E-state index contributed by atoms with van der Waals surface area (Å²) in [4.78, 5) is 27.4. The summed E-state index contributed by atoms with van der Waals surface area (Å²) in [6, 6.07) is 7.31. The van der Waals surface area contributed by atoms with E-state index in [0.29, 0.717) is 23.9 Å². The van der Waals surface area contributed by atoms with E-state index in [2.05, 4.69) is 19.2 Å². The van der Waals surface area contributed by atoms with Crippen LogP contribution in [-0.2, 0) is 20.7 Å². The monoisotopic (exact) mass is 418 g/mol. The minimum Gasteiger partial charge on any atom is -0.468 e. The Morgan fingerprint density at radius 1 is 1.24 bits per heavy atom. The number of hydrogen-bond acceptors (Lipinski definition) is 4. The fourth-order valence-corrected chi connectivity index (χ4v) is 4.44. The Morgan fingerprint density at radius 2 is 1.93 bits per heavy atom. The third-order valence-electron chi connectivity index (χ3n) is 5.78. The Balaban J connectivity index is 1.80. The van der Waals surface area contributed by atoms with Crippen molar-refractivity contribution in [2.75, 3.05) is 13.7 Å². The van der Waals surface area contributed by atoms with Crippen LogP contribution in [0.5, 0.6) is 0 Å². The smallest absolute Gasteiger partial charge is 0.322 e. The first-order chi connectivity index (χ1) is 13.9. The molecule has 5 nitrogen and oxygen atoms in total. The first kappa shape index (κ1) is 21.8. The number of nitrogens with zero attached hydrogens (tertiary/aromatic N) is 1. The van der Waals surface area contributed by atoms with Gasteiger partial charge >= 0.3 is 5.97 Å². The van der Waals surface area contributed by atoms with E-state index < -0.39 is 6.04 Å². The quantitative estimate of drug-likeness (QED) is 0.646. The number of nitrogens with one attached hydrogen (secondary N) is 1. The van der Waals surface area contributed by atoms with Gasteiger partial charge in [-0.3, -0.25) is 14.9 Å². The molecule has 0 bridgehead atoms. The van der Waals surface area contributed by atoms with Crippen LogP contribution in [0, 0.1) is 5.92 Å². The Labute approximate surface area is 178 Å². The molecule has 0 aromatic heterocycles. The third-order valence-corrected chi connectivity index (χ3v) is 6.03. The Kier molecular flexibility index (Phi) is 7.36. The summed E-state index contributed by atoms with van der Waals surface area (Å²) in [5, 5.41) is 4.18. The molecule has 1 aromatic rings. The minimum absolute atomic E-state index is 0.110. The van der Waals surface area contributed by atoms with Crippen LogP contribution in [0.4, 0.5) is 0 Å². The van der Waals surface area contributed by atoms with Gasteiger partial charge < -0.3 is 9.64 Å². The van der Waals surface area contributed by atoms with Crippen LogP contribution in [0.15, 0.2) is 35.4 Å². The van der Waals surface area contributed by atoms with E-state index in [-0.39, 0.29) is 18.0 Å². The van der Waals surface area contributed by atoms with Crippen molar-refractivity contribution in [3.05, 3.63) is 46.0 Å². The molecule has 0 radical (unpaired) electrons. The number of ether oxygens (including phenoxy) is 1. The lowest BCUT2D eigenvalue weighted by Gasteiger charge is -2.32. The summed E-state index contributed by atoms with van der Waals surface area (Å²) in [6.07, 6.45) is 5.06. The molecule has 0 fully saturated rings. The second-order valence-corrected chi connectivity index (χ2v) is 8.80. The molecular formula is C23H31ClN2O3. The third kappa shape index (κ3) is 5.20. The SMILES string of the molecule is COC(=O)[C@@H](CC(C)C)N[C@H]1C2=C(CCCC2)C(=O)N1CCc1ccc(Cl)cc1. The fraction of sp³-hybridized carbons (Fsp3) is 0.565. The average molecular weight is 419 g/mol. The molecule has 2 atom stereocenters. The molecule has 0 spiro atoms. The van der Waals surface area contributed by atoms with E-state index in [1.165, 1.54) is 7.11 Å². The average Bonchev–Trinajstić information content (AvgIpc) is 2.98. The molecule has 1 aromatic carbocycles. The second kappa shape index (κ2) is 9.77. The number of carbonyl (C=O) groups is 2. The molecule has 1 amide bonds. The van der Waals surface area contributed by atoms with E-state index in [1.54, 1.807) is 0 Å². The van der Waals surface area contributed by atoms with E-state index in [9.17, 15) is 9.59 Å². The maximum Gasteiger partial charge on any atom is 0.322 e. The lowest BCUT2D eigenvalue weighted by molar-refractivity contribution is -0.144.